The van der Waals surface area contributed by atoms with Gasteiger partial charge in [0.25, 0.3) is 0 Å². The summed E-state index contributed by atoms with van der Waals surface area (Å²) in [5, 5.41) is 3.40. The second-order valence-electron chi connectivity index (χ2n) is 7.14. The Labute approximate surface area is 128 Å². The second kappa shape index (κ2) is 7.07. The summed E-state index contributed by atoms with van der Waals surface area (Å²) in [5.41, 5.74) is 5.13. The highest BCUT2D eigenvalue weighted by molar-refractivity contribution is 5.85. The molecule has 0 aromatic carbocycles. The van der Waals surface area contributed by atoms with E-state index in [0.29, 0.717) is 6.04 Å². The number of amides is 1. The summed E-state index contributed by atoms with van der Waals surface area (Å²) in [4.78, 5) is 14.2. The molecular formula is C16H31N3O2. The van der Waals surface area contributed by atoms with Crippen LogP contribution in [0.25, 0.3) is 0 Å². The van der Waals surface area contributed by atoms with E-state index in [1.165, 1.54) is 12.8 Å². The maximum atomic E-state index is 11.9. The van der Waals surface area contributed by atoms with Gasteiger partial charge in [-0.25, -0.2) is 0 Å². The smallest absolute Gasteiger partial charge is 0.237 e. The highest BCUT2D eigenvalue weighted by Crippen LogP contribution is 2.33. The molecule has 0 aromatic rings. The van der Waals surface area contributed by atoms with Crippen molar-refractivity contribution in [1.82, 2.24) is 10.2 Å². The predicted octanol–water partition coefficient (Wildman–Crippen LogP) is 1.12. The van der Waals surface area contributed by atoms with Crippen molar-refractivity contribution in [2.75, 3.05) is 26.8 Å². The van der Waals surface area contributed by atoms with Crippen molar-refractivity contribution in [3.8, 4) is 0 Å². The summed E-state index contributed by atoms with van der Waals surface area (Å²) in [6.07, 6.45) is 5.32. The lowest BCUT2D eigenvalue weighted by molar-refractivity contribution is -0.124. The van der Waals surface area contributed by atoms with Crippen molar-refractivity contribution < 1.29 is 9.53 Å². The van der Waals surface area contributed by atoms with Crippen LogP contribution in [0.3, 0.4) is 0 Å². The summed E-state index contributed by atoms with van der Waals surface area (Å²) >= 11 is 0. The van der Waals surface area contributed by atoms with Crippen LogP contribution in [-0.4, -0.2) is 55.2 Å². The molecule has 2 atom stereocenters. The molecule has 2 rings (SSSR count). The summed E-state index contributed by atoms with van der Waals surface area (Å²) in [6.45, 7) is 6.75. The number of primary amides is 1. The van der Waals surface area contributed by atoms with Crippen molar-refractivity contribution in [3.63, 3.8) is 0 Å². The van der Waals surface area contributed by atoms with Gasteiger partial charge < -0.3 is 20.7 Å². The number of carbonyl (C=O) groups excluding carboxylic acids is 1. The topological polar surface area (TPSA) is 67.6 Å². The van der Waals surface area contributed by atoms with Crippen molar-refractivity contribution in [1.29, 1.82) is 0 Å². The van der Waals surface area contributed by atoms with Gasteiger partial charge in [-0.3, -0.25) is 4.79 Å². The molecule has 3 N–H and O–H groups in total. The molecule has 0 spiro atoms. The molecule has 2 aliphatic carbocycles. The molecule has 0 radical (unpaired) electrons. The van der Waals surface area contributed by atoms with Gasteiger partial charge in [0.05, 0.1) is 12.1 Å². The molecule has 2 saturated carbocycles. The average Bonchev–Trinajstić information content (AvgIpc) is 3.13. The van der Waals surface area contributed by atoms with E-state index in [2.05, 4.69) is 31.1 Å². The van der Waals surface area contributed by atoms with Crippen LogP contribution in [0, 0.1) is 5.92 Å². The van der Waals surface area contributed by atoms with Crippen molar-refractivity contribution in [2.24, 2.45) is 11.7 Å². The molecule has 1 amide bonds. The van der Waals surface area contributed by atoms with Crippen LogP contribution in [0.4, 0.5) is 0 Å². The van der Waals surface area contributed by atoms with Gasteiger partial charge in [-0.15, -0.1) is 0 Å². The molecule has 0 heterocycles. The van der Waals surface area contributed by atoms with Gasteiger partial charge in [-0.1, -0.05) is 0 Å². The van der Waals surface area contributed by atoms with Gasteiger partial charge >= 0.3 is 0 Å². The Hall–Kier alpha value is -0.650. The van der Waals surface area contributed by atoms with Gasteiger partial charge in [0.2, 0.25) is 5.91 Å². The summed E-state index contributed by atoms with van der Waals surface area (Å²) in [5.74, 6) is 0.608. The first-order valence-corrected chi connectivity index (χ1v) is 8.28. The third-order valence-electron chi connectivity index (χ3n) is 4.79. The molecule has 5 nitrogen and oxygen atoms in total. The lowest BCUT2D eigenvalue weighted by atomic mass is 9.95. The zero-order valence-corrected chi connectivity index (χ0v) is 13.7. The maximum absolute atomic E-state index is 11.9. The van der Waals surface area contributed by atoms with Crippen LogP contribution in [0.15, 0.2) is 0 Å². The number of hydrogen-bond acceptors (Lipinski definition) is 4. The standard InChI is InChI=1S/C16H31N3O2/c1-12(2)18-16(15(17)20)7-6-14(10-16)19(3)8-9-21-11-13-4-5-13/h12-14,18H,4-11H2,1-3H3,(H2,17,20). The zero-order valence-electron chi connectivity index (χ0n) is 13.7. The largest absolute Gasteiger partial charge is 0.380 e. The number of nitrogens with zero attached hydrogens (tertiary/aromatic N) is 1. The molecule has 5 heteroatoms. The molecule has 122 valence electrons. The van der Waals surface area contributed by atoms with Crippen LogP contribution in [-0.2, 0) is 9.53 Å². The number of rotatable bonds is 9. The van der Waals surface area contributed by atoms with Crippen LogP contribution < -0.4 is 11.1 Å². The monoisotopic (exact) mass is 297 g/mol. The predicted molar refractivity (Wildman–Crippen MR) is 84.0 cm³/mol. The second-order valence-corrected chi connectivity index (χ2v) is 7.14. The molecule has 0 aliphatic heterocycles. The van der Waals surface area contributed by atoms with Crippen LogP contribution >= 0.6 is 0 Å². The normalized spacial score (nSPS) is 29.5. The van der Waals surface area contributed by atoms with Crippen LogP contribution in [0.5, 0.6) is 0 Å². The average molecular weight is 297 g/mol. The molecule has 2 aliphatic rings. The summed E-state index contributed by atoms with van der Waals surface area (Å²) in [7, 11) is 2.12. The van der Waals surface area contributed by atoms with E-state index >= 15 is 0 Å². The third-order valence-corrected chi connectivity index (χ3v) is 4.79. The van der Waals surface area contributed by atoms with E-state index in [-0.39, 0.29) is 11.9 Å². The highest BCUT2D eigenvalue weighted by Gasteiger charge is 2.45. The minimum absolute atomic E-state index is 0.211. The minimum atomic E-state index is -0.526. The summed E-state index contributed by atoms with van der Waals surface area (Å²) in [6, 6.07) is 0.678. The van der Waals surface area contributed by atoms with E-state index in [0.717, 1.165) is 44.9 Å². The Bertz CT molecular complexity index is 357. The number of likely N-dealkylation sites (N-methyl/N-ethyl adjacent to an activating group) is 1. The molecule has 21 heavy (non-hydrogen) atoms. The fourth-order valence-corrected chi connectivity index (χ4v) is 3.30. The quantitative estimate of drug-likeness (QED) is 0.626. The number of nitrogens with one attached hydrogen (secondary N) is 1. The molecular weight excluding hydrogens is 266 g/mol. The van der Waals surface area contributed by atoms with Gasteiger partial charge in [-0.05, 0) is 58.9 Å². The third kappa shape index (κ3) is 4.66. The van der Waals surface area contributed by atoms with Crippen LogP contribution in [0.1, 0.15) is 46.0 Å². The number of nitrogens with two attached hydrogens (primary N) is 1. The first-order chi connectivity index (χ1) is 9.93. The molecule has 2 fully saturated rings. The lowest BCUT2D eigenvalue weighted by Crippen LogP contribution is -2.56. The Balaban J connectivity index is 1.76. The number of hydrogen-bond donors (Lipinski definition) is 2. The van der Waals surface area contributed by atoms with Crippen LogP contribution in [0.2, 0.25) is 0 Å². The van der Waals surface area contributed by atoms with Crippen molar-refractivity contribution in [2.45, 2.75) is 63.6 Å². The first-order valence-electron chi connectivity index (χ1n) is 8.28. The minimum Gasteiger partial charge on any atom is -0.380 e. The highest BCUT2D eigenvalue weighted by atomic mass is 16.5. The Morgan fingerprint density at radius 3 is 2.71 bits per heavy atom. The first kappa shape index (κ1) is 16.7. The summed E-state index contributed by atoms with van der Waals surface area (Å²) < 4.78 is 5.70. The van der Waals surface area contributed by atoms with Gasteiger partial charge in [0.15, 0.2) is 0 Å². The molecule has 2 unspecified atom stereocenters. The fraction of sp³-hybridized carbons (Fsp3) is 0.938. The lowest BCUT2D eigenvalue weighted by Gasteiger charge is -2.31. The Morgan fingerprint density at radius 1 is 1.43 bits per heavy atom. The van der Waals surface area contributed by atoms with Gasteiger partial charge in [-0.2, -0.15) is 0 Å². The Kier molecular flexibility index (Phi) is 5.63. The fourth-order valence-electron chi connectivity index (χ4n) is 3.30. The van der Waals surface area contributed by atoms with E-state index in [1.54, 1.807) is 0 Å². The SMILES string of the molecule is CC(C)NC1(C(N)=O)CCC(N(C)CCOCC2CC2)C1. The van der Waals surface area contributed by atoms with Crippen molar-refractivity contribution >= 4 is 5.91 Å². The van der Waals surface area contributed by atoms with Gasteiger partial charge in [0.1, 0.15) is 0 Å². The number of ether oxygens (including phenoxy) is 1. The van der Waals surface area contributed by atoms with E-state index in [9.17, 15) is 4.79 Å². The van der Waals surface area contributed by atoms with E-state index in [4.69, 9.17) is 10.5 Å². The molecule has 0 bridgehead atoms. The Morgan fingerprint density at radius 2 is 2.14 bits per heavy atom. The number of carbonyl (C=O) groups is 1. The molecule has 0 saturated heterocycles. The molecule has 0 aromatic heterocycles. The van der Waals surface area contributed by atoms with Gasteiger partial charge in [0, 0.05) is 25.2 Å². The van der Waals surface area contributed by atoms with E-state index < -0.39 is 5.54 Å². The van der Waals surface area contributed by atoms with E-state index in [1.807, 2.05) is 0 Å². The maximum Gasteiger partial charge on any atom is 0.237 e. The van der Waals surface area contributed by atoms with Crippen molar-refractivity contribution in [3.05, 3.63) is 0 Å². The zero-order chi connectivity index (χ0) is 15.5.